The van der Waals surface area contributed by atoms with Gasteiger partial charge in [0.05, 0.1) is 0 Å². The third kappa shape index (κ3) is 10.2. The van der Waals surface area contributed by atoms with Gasteiger partial charge in [0.1, 0.15) is 0 Å². The average Bonchev–Trinajstić information content (AvgIpc) is 2.33. The fraction of sp³-hybridized carbons (Fsp3) is 0.556. The van der Waals surface area contributed by atoms with Crippen molar-refractivity contribution in [1.82, 2.24) is 0 Å². The van der Waals surface area contributed by atoms with E-state index in [0.717, 1.165) is 12.0 Å². The molecule has 0 fully saturated rings. The van der Waals surface area contributed by atoms with Crippen LogP contribution in [-0.2, 0) is 0 Å². The summed E-state index contributed by atoms with van der Waals surface area (Å²) in [6.07, 6.45) is 4.79. The molecule has 0 saturated heterocycles. The van der Waals surface area contributed by atoms with Crippen LogP contribution in [0.15, 0.2) is 47.6 Å². The summed E-state index contributed by atoms with van der Waals surface area (Å²) in [7, 11) is 0. The van der Waals surface area contributed by atoms with Gasteiger partial charge in [-0.05, 0) is 57.1 Å². The topological polar surface area (TPSA) is 0 Å². The molecule has 0 amide bonds. The lowest BCUT2D eigenvalue weighted by molar-refractivity contribution is -0.135. The van der Waals surface area contributed by atoms with Gasteiger partial charge in [0.15, 0.2) is 0 Å². The first-order valence-corrected chi connectivity index (χ1v) is 7.40. The number of alkyl halides is 3. The molecule has 0 aliphatic rings. The van der Waals surface area contributed by atoms with Gasteiger partial charge in [-0.25, -0.2) is 0 Å². The summed E-state index contributed by atoms with van der Waals surface area (Å²) in [5.41, 5.74) is 3.25. The smallest absolute Gasteiger partial charge is 0.171 e. The Labute approximate surface area is 127 Å². The van der Waals surface area contributed by atoms with Crippen molar-refractivity contribution in [2.75, 3.05) is 0 Å². The van der Waals surface area contributed by atoms with Crippen LogP contribution in [0.5, 0.6) is 0 Å². The lowest BCUT2D eigenvalue weighted by atomic mass is 9.94. The summed E-state index contributed by atoms with van der Waals surface area (Å²) in [6, 6.07) is 0. The van der Waals surface area contributed by atoms with E-state index in [1.54, 1.807) is 0 Å². The highest BCUT2D eigenvalue weighted by Crippen LogP contribution is 2.25. The van der Waals surface area contributed by atoms with Gasteiger partial charge in [-0.1, -0.05) is 43.4 Å². The minimum atomic E-state index is -4.06. The molecule has 0 rings (SSSR count). The lowest BCUT2D eigenvalue weighted by Crippen LogP contribution is -2.06. The summed E-state index contributed by atoms with van der Waals surface area (Å²) in [5, 5.41) is 0. The molecule has 1 atom stereocenters. The summed E-state index contributed by atoms with van der Waals surface area (Å²) in [4.78, 5) is 0. The van der Waals surface area contributed by atoms with Gasteiger partial charge in [-0.2, -0.15) is 13.2 Å². The Morgan fingerprint density at radius 2 is 1.86 bits per heavy atom. The Morgan fingerprint density at radius 3 is 2.33 bits per heavy atom. The Hall–Kier alpha value is -1.25. The SMILES string of the molecule is C=C(CCCC(F)(F)F)CC(C)/C=C(C)/C(/C=C\C)=C/C. The number of hydrogen-bond donors (Lipinski definition) is 0. The highest BCUT2D eigenvalue weighted by atomic mass is 19.4. The summed E-state index contributed by atoms with van der Waals surface area (Å²) < 4.78 is 36.3. The van der Waals surface area contributed by atoms with Crippen LogP contribution in [0.2, 0.25) is 0 Å². The van der Waals surface area contributed by atoms with E-state index < -0.39 is 12.6 Å². The van der Waals surface area contributed by atoms with E-state index in [9.17, 15) is 13.2 Å². The van der Waals surface area contributed by atoms with Crippen LogP contribution in [-0.4, -0.2) is 6.18 Å². The minimum Gasteiger partial charge on any atom is -0.171 e. The first-order valence-electron chi connectivity index (χ1n) is 7.40. The molecule has 0 nitrogen and oxygen atoms in total. The van der Waals surface area contributed by atoms with Crippen LogP contribution in [0, 0.1) is 5.92 Å². The van der Waals surface area contributed by atoms with E-state index in [4.69, 9.17) is 0 Å². The molecule has 0 N–H and O–H groups in total. The van der Waals surface area contributed by atoms with Crippen molar-refractivity contribution in [2.45, 2.75) is 59.6 Å². The zero-order valence-corrected chi connectivity index (χ0v) is 13.6. The second kappa shape index (κ2) is 9.64. The van der Waals surface area contributed by atoms with Gasteiger partial charge >= 0.3 is 6.18 Å². The van der Waals surface area contributed by atoms with Gasteiger partial charge in [0.25, 0.3) is 0 Å². The summed E-state index contributed by atoms with van der Waals surface area (Å²) in [6.45, 7) is 12.0. The normalized spacial score (nSPS) is 15.6. The van der Waals surface area contributed by atoms with Crippen LogP contribution >= 0.6 is 0 Å². The standard InChI is InChI=1S/C18H27F3/c1-6-9-17(7-2)16(5)13-15(4)12-14(3)10-8-11-18(19,20)21/h6-7,9,13,15H,3,8,10-12H2,1-2,4-5H3/b9-6-,16-13+,17-7+. The number of allylic oxidation sites excluding steroid dienone is 7. The fourth-order valence-corrected chi connectivity index (χ4v) is 2.31. The first kappa shape index (κ1) is 19.8. The number of hydrogen-bond acceptors (Lipinski definition) is 0. The highest BCUT2D eigenvalue weighted by Gasteiger charge is 2.26. The maximum absolute atomic E-state index is 12.1. The predicted molar refractivity (Wildman–Crippen MR) is 85.2 cm³/mol. The van der Waals surface area contributed by atoms with Crippen molar-refractivity contribution < 1.29 is 13.2 Å². The maximum atomic E-state index is 12.1. The molecule has 120 valence electrons. The van der Waals surface area contributed by atoms with Gasteiger partial charge in [0, 0.05) is 6.42 Å². The van der Waals surface area contributed by atoms with Crippen molar-refractivity contribution >= 4 is 0 Å². The van der Waals surface area contributed by atoms with Crippen molar-refractivity contribution in [1.29, 1.82) is 0 Å². The second-order valence-corrected chi connectivity index (χ2v) is 5.49. The molecule has 0 aliphatic carbocycles. The van der Waals surface area contributed by atoms with Crippen LogP contribution in [0.25, 0.3) is 0 Å². The Bertz CT molecular complexity index is 409. The van der Waals surface area contributed by atoms with Gasteiger partial charge in [-0.3, -0.25) is 0 Å². The Kier molecular flexibility index (Phi) is 9.07. The summed E-state index contributed by atoms with van der Waals surface area (Å²) in [5.74, 6) is 0.281. The minimum absolute atomic E-state index is 0.135. The molecule has 0 aromatic rings. The first-order chi connectivity index (χ1) is 9.69. The lowest BCUT2D eigenvalue weighted by Gasteiger charge is -2.12. The molecule has 21 heavy (non-hydrogen) atoms. The molecular weight excluding hydrogens is 273 g/mol. The van der Waals surface area contributed by atoms with Gasteiger partial charge in [0.2, 0.25) is 0 Å². The number of rotatable bonds is 8. The van der Waals surface area contributed by atoms with Crippen LogP contribution < -0.4 is 0 Å². The van der Waals surface area contributed by atoms with Crippen molar-refractivity contribution in [3.05, 3.63) is 47.6 Å². The molecule has 0 aliphatic heterocycles. The highest BCUT2D eigenvalue weighted by molar-refractivity contribution is 5.38. The van der Waals surface area contributed by atoms with E-state index in [-0.39, 0.29) is 12.3 Å². The molecule has 0 aromatic carbocycles. The molecule has 0 spiro atoms. The Balaban J connectivity index is 4.36. The largest absolute Gasteiger partial charge is 0.389 e. The fourth-order valence-electron chi connectivity index (χ4n) is 2.31. The molecule has 0 heterocycles. The van der Waals surface area contributed by atoms with Gasteiger partial charge < -0.3 is 0 Å². The van der Waals surface area contributed by atoms with E-state index in [0.29, 0.717) is 6.42 Å². The average molecular weight is 300 g/mol. The molecule has 3 heteroatoms. The van der Waals surface area contributed by atoms with E-state index in [1.165, 1.54) is 11.1 Å². The van der Waals surface area contributed by atoms with Crippen LogP contribution in [0.1, 0.15) is 53.4 Å². The molecule has 1 unspecified atom stereocenters. The Morgan fingerprint density at radius 1 is 1.24 bits per heavy atom. The van der Waals surface area contributed by atoms with Crippen molar-refractivity contribution in [2.24, 2.45) is 5.92 Å². The maximum Gasteiger partial charge on any atom is 0.389 e. The molecular formula is C18H27F3. The summed E-state index contributed by atoms with van der Waals surface area (Å²) >= 11 is 0. The quantitative estimate of drug-likeness (QED) is 0.343. The predicted octanol–water partition coefficient (Wildman–Crippen LogP) is 6.77. The zero-order valence-electron chi connectivity index (χ0n) is 13.6. The third-order valence-electron chi connectivity index (χ3n) is 3.25. The van der Waals surface area contributed by atoms with E-state index in [2.05, 4.69) is 38.7 Å². The van der Waals surface area contributed by atoms with Crippen LogP contribution in [0.4, 0.5) is 13.2 Å². The number of halogens is 3. The third-order valence-corrected chi connectivity index (χ3v) is 3.25. The zero-order chi connectivity index (χ0) is 16.5. The molecule has 0 aromatic heterocycles. The van der Waals surface area contributed by atoms with Crippen molar-refractivity contribution in [3.63, 3.8) is 0 Å². The second-order valence-electron chi connectivity index (χ2n) is 5.49. The van der Waals surface area contributed by atoms with Crippen LogP contribution in [0.3, 0.4) is 0 Å². The molecule has 0 saturated carbocycles. The molecule has 0 bridgehead atoms. The monoisotopic (exact) mass is 300 g/mol. The van der Waals surface area contributed by atoms with Crippen molar-refractivity contribution in [3.8, 4) is 0 Å². The van der Waals surface area contributed by atoms with E-state index in [1.807, 2.05) is 19.9 Å². The molecule has 0 radical (unpaired) electrons. The van der Waals surface area contributed by atoms with E-state index >= 15 is 0 Å². The van der Waals surface area contributed by atoms with Gasteiger partial charge in [-0.15, -0.1) is 0 Å².